The normalized spacial score (nSPS) is 12.3. The van der Waals surface area contributed by atoms with Crippen LogP contribution in [-0.2, 0) is 16.0 Å². The van der Waals surface area contributed by atoms with Crippen molar-refractivity contribution in [1.82, 2.24) is 5.32 Å². The molecule has 7 nitrogen and oxygen atoms in total. The van der Waals surface area contributed by atoms with Crippen LogP contribution in [0.4, 0.5) is 10.5 Å². The number of ketones is 1. The van der Waals surface area contributed by atoms with Gasteiger partial charge in [0.1, 0.15) is 5.60 Å². The Labute approximate surface area is 139 Å². The Balaban J connectivity index is 2.80. The standard InChI is InChI=1S/C15H19ClN2O5/c1-15(2,3)23-14(20)17-12(13(19)9-16)8-10-4-6-11(7-5-10)18(21)22/h4-7,12H,8-9H2,1-3H3,(H,17,20)/t12-/m0/s1. The van der Waals surface area contributed by atoms with Crippen LogP contribution in [0, 0.1) is 10.1 Å². The molecule has 0 fully saturated rings. The number of nitro benzene ring substituents is 1. The first-order chi connectivity index (χ1) is 10.6. The number of hydrogen-bond acceptors (Lipinski definition) is 5. The Morgan fingerprint density at radius 3 is 2.30 bits per heavy atom. The molecule has 0 saturated heterocycles. The molecule has 23 heavy (non-hydrogen) atoms. The van der Waals surface area contributed by atoms with Crippen molar-refractivity contribution in [2.45, 2.75) is 38.8 Å². The van der Waals surface area contributed by atoms with Crippen molar-refractivity contribution in [1.29, 1.82) is 0 Å². The molecule has 0 bridgehead atoms. The van der Waals surface area contributed by atoms with Gasteiger partial charge < -0.3 is 10.1 Å². The molecule has 1 rings (SSSR count). The molecule has 0 aliphatic rings. The lowest BCUT2D eigenvalue weighted by molar-refractivity contribution is -0.384. The highest BCUT2D eigenvalue weighted by Crippen LogP contribution is 2.14. The number of nitrogens with zero attached hydrogens (tertiary/aromatic N) is 1. The maximum atomic E-state index is 11.9. The third kappa shape index (κ3) is 6.65. The summed E-state index contributed by atoms with van der Waals surface area (Å²) < 4.78 is 5.12. The number of alkyl carbamates (subject to hydrolysis) is 1. The van der Waals surface area contributed by atoms with E-state index in [1.165, 1.54) is 24.3 Å². The van der Waals surface area contributed by atoms with Crippen molar-refractivity contribution < 1.29 is 19.2 Å². The zero-order valence-electron chi connectivity index (χ0n) is 13.2. The molecule has 0 heterocycles. The Hall–Kier alpha value is -2.15. The first-order valence-electron chi connectivity index (χ1n) is 6.94. The Kier molecular flexibility index (Phi) is 6.50. The van der Waals surface area contributed by atoms with Gasteiger partial charge in [0.05, 0.1) is 16.8 Å². The van der Waals surface area contributed by atoms with Gasteiger partial charge >= 0.3 is 6.09 Å². The molecule has 0 radical (unpaired) electrons. The molecule has 126 valence electrons. The van der Waals surface area contributed by atoms with Crippen LogP contribution in [0.3, 0.4) is 0 Å². The first kappa shape index (κ1) is 18.9. The minimum Gasteiger partial charge on any atom is -0.444 e. The van der Waals surface area contributed by atoms with E-state index in [1.54, 1.807) is 20.8 Å². The fraction of sp³-hybridized carbons (Fsp3) is 0.467. The van der Waals surface area contributed by atoms with E-state index in [-0.39, 0.29) is 23.8 Å². The number of carbonyl (C=O) groups is 2. The second kappa shape index (κ2) is 7.92. The largest absolute Gasteiger partial charge is 0.444 e. The van der Waals surface area contributed by atoms with Gasteiger partial charge in [0.15, 0.2) is 5.78 Å². The van der Waals surface area contributed by atoms with Gasteiger partial charge in [0.2, 0.25) is 0 Å². The van der Waals surface area contributed by atoms with Crippen molar-refractivity contribution in [3.63, 3.8) is 0 Å². The van der Waals surface area contributed by atoms with E-state index in [4.69, 9.17) is 16.3 Å². The number of rotatable bonds is 6. The minimum absolute atomic E-state index is 0.0472. The molecule has 1 aromatic carbocycles. The van der Waals surface area contributed by atoms with Gasteiger partial charge in [-0.15, -0.1) is 11.6 Å². The summed E-state index contributed by atoms with van der Waals surface area (Å²) in [7, 11) is 0. The lowest BCUT2D eigenvalue weighted by atomic mass is 10.0. The zero-order valence-corrected chi connectivity index (χ0v) is 13.9. The smallest absolute Gasteiger partial charge is 0.408 e. The minimum atomic E-state index is -0.858. The quantitative estimate of drug-likeness (QED) is 0.487. The summed E-state index contributed by atoms with van der Waals surface area (Å²) in [6.07, 6.45) is -0.550. The van der Waals surface area contributed by atoms with E-state index in [0.29, 0.717) is 5.56 Å². The van der Waals surface area contributed by atoms with Gasteiger partial charge in [-0.05, 0) is 32.8 Å². The molecule has 1 amide bonds. The summed E-state index contributed by atoms with van der Waals surface area (Å²) in [6.45, 7) is 5.13. The second-order valence-electron chi connectivity index (χ2n) is 5.93. The van der Waals surface area contributed by atoms with Gasteiger partial charge in [-0.25, -0.2) is 4.79 Å². The molecule has 0 spiro atoms. The molecule has 1 aromatic rings. The Bertz CT molecular complexity index is 581. The molecule has 0 aromatic heterocycles. The molecule has 0 unspecified atom stereocenters. The van der Waals surface area contributed by atoms with E-state index in [9.17, 15) is 19.7 Å². The molecule has 8 heteroatoms. The number of hydrogen-bond donors (Lipinski definition) is 1. The van der Waals surface area contributed by atoms with Gasteiger partial charge in [-0.3, -0.25) is 14.9 Å². The van der Waals surface area contributed by atoms with Crippen molar-refractivity contribution in [2.24, 2.45) is 0 Å². The van der Waals surface area contributed by atoms with Gasteiger partial charge in [0, 0.05) is 12.1 Å². The summed E-state index contributed by atoms with van der Waals surface area (Å²) in [4.78, 5) is 33.8. The molecular weight excluding hydrogens is 324 g/mol. The topological polar surface area (TPSA) is 98.5 Å². The number of nitro groups is 1. The first-order valence-corrected chi connectivity index (χ1v) is 7.47. The van der Waals surface area contributed by atoms with Crippen LogP contribution >= 0.6 is 11.6 Å². The van der Waals surface area contributed by atoms with E-state index >= 15 is 0 Å². The van der Waals surface area contributed by atoms with E-state index < -0.39 is 22.7 Å². The molecule has 0 aliphatic heterocycles. The van der Waals surface area contributed by atoms with Crippen molar-refractivity contribution in [2.75, 3.05) is 5.88 Å². The highest BCUT2D eigenvalue weighted by atomic mass is 35.5. The van der Waals surface area contributed by atoms with E-state index in [2.05, 4.69) is 5.32 Å². The predicted molar refractivity (Wildman–Crippen MR) is 85.7 cm³/mol. The van der Waals surface area contributed by atoms with Crippen molar-refractivity contribution >= 4 is 29.2 Å². The average molecular weight is 343 g/mol. The Morgan fingerprint density at radius 2 is 1.87 bits per heavy atom. The highest BCUT2D eigenvalue weighted by Gasteiger charge is 2.24. The number of halogens is 1. The fourth-order valence-corrected chi connectivity index (χ4v) is 1.96. The number of carbonyl (C=O) groups excluding carboxylic acids is 2. The third-order valence-corrected chi connectivity index (χ3v) is 3.06. The van der Waals surface area contributed by atoms with Crippen molar-refractivity contribution in [3.05, 3.63) is 39.9 Å². The maximum absolute atomic E-state index is 11.9. The van der Waals surface area contributed by atoms with Crippen LogP contribution < -0.4 is 5.32 Å². The molecule has 0 saturated carbocycles. The number of amides is 1. The highest BCUT2D eigenvalue weighted by molar-refractivity contribution is 6.28. The SMILES string of the molecule is CC(C)(C)OC(=O)N[C@@H](Cc1ccc([N+](=O)[O-])cc1)C(=O)CCl. The third-order valence-electron chi connectivity index (χ3n) is 2.80. The van der Waals surface area contributed by atoms with Crippen LogP contribution in [0.1, 0.15) is 26.3 Å². The van der Waals surface area contributed by atoms with Crippen LogP contribution in [-0.4, -0.2) is 34.3 Å². The second-order valence-corrected chi connectivity index (χ2v) is 6.19. The maximum Gasteiger partial charge on any atom is 0.408 e. The van der Waals surface area contributed by atoms with E-state index in [0.717, 1.165) is 0 Å². The summed E-state index contributed by atoms with van der Waals surface area (Å²) in [5.74, 6) is -0.621. The summed E-state index contributed by atoms with van der Waals surface area (Å²) in [5.41, 5.74) is -0.0735. The monoisotopic (exact) mass is 342 g/mol. The van der Waals surface area contributed by atoms with Crippen molar-refractivity contribution in [3.8, 4) is 0 Å². The Morgan fingerprint density at radius 1 is 1.30 bits per heavy atom. The van der Waals surface area contributed by atoms with E-state index in [1.807, 2.05) is 0 Å². The fourth-order valence-electron chi connectivity index (χ4n) is 1.78. The molecular formula is C15H19ClN2O5. The van der Waals surface area contributed by atoms with Crippen LogP contribution in [0.5, 0.6) is 0 Å². The summed E-state index contributed by atoms with van der Waals surface area (Å²) >= 11 is 5.57. The van der Waals surface area contributed by atoms with Gasteiger partial charge in [-0.2, -0.15) is 0 Å². The summed E-state index contributed by atoms with van der Waals surface area (Å²) in [6, 6.07) is 4.88. The molecule has 1 N–H and O–H groups in total. The van der Waals surface area contributed by atoms with Crippen LogP contribution in [0.15, 0.2) is 24.3 Å². The number of non-ortho nitro benzene ring substituents is 1. The summed E-state index contributed by atoms with van der Waals surface area (Å²) in [5, 5.41) is 13.1. The predicted octanol–water partition coefficient (Wildman–Crippen LogP) is 2.84. The number of Topliss-reactive ketones (excluding diaryl/α,β-unsaturated/α-hetero) is 1. The zero-order chi connectivity index (χ0) is 17.6. The number of nitrogens with one attached hydrogen (secondary N) is 1. The molecule has 0 aliphatic carbocycles. The lowest BCUT2D eigenvalue weighted by Crippen LogP contribution is -2.45. The van der Waals surface area contributed by atoms with Gasteiger partial charge in [0.25, 0.3) is 5.69 Å². The molecule has 1 atom stereocenters. The number of ether oxygens (including phenoxy) is 1. The average Bonchev–Trinajstić information content (AvgIpc) is 2.44. The van der Waals surface area contributed by atoms with Crippen LogP contribution in [0.2, 0.25) is 0 Å². The number of benzene rings is 1. The van der Waals surface area contributed by atoms with Gasteiger partial charge in [-0.1, -0.05) is 12.1 Å². The number of alkyl halides is 1. The van der Waals surface area contributed by atoms with Crippen LogP contribution in [0.25, 0.3) is 0 Å². The lowest BCUT2D eigenvalue weighted by Gasteiger charge is -2.22.